The zero-order chi connectivity index (χ0) is 10.8. The molecule has 0 saturated carbocycles. The molecule has 1 aliphatic heterocycles. The van der Waals surface area contributed by atoms with E-state index in [1.807, 2.05) is 12.1 Å². The van der Waals surface area contributed by atoms with Crippen LogP contribution in [0.3, 0.4) is 0 Å². The number of rotatable bonds is 1. The van der Waals surface area contributed by atoms with Gasteiger partial charge >= 0.3 is 6.09 Å². The molecule has 3 nitrogen and oxygen atoms in total. The summed E-state index contributed by atoms with van der Waals surface area (Å²) in [5, 5.41) is 0.708. The van der Waals surface area contributed by atoms with Gasteiger partial charge in [0.15, 0.2) is 0 Å². The molecule has 0 bridgehead atoms. The highest BCUT2D eigenvalue weighted by molar-refractivity contribution is 6.30. The van der Waals surface area contributed by atoms with Crippen LogP contribution in [0.25, 0.3) is 0 Å². The Bertz CT molecular complexity index is 392. The third kappa shape index (κ3) is 1.92. The Balaban J connectivity index is 2.25. The van der Waals surface area contributed by atoms with Crippen molar-refractivity contribution in [3.05, 3.63) is 28.8 Å². The smallest absolute Gasteiger partial charge is 0.414 e. The Morgan fingerprint density at radius 2 is 2.40 bits per heavy atom. The monoisotopic (exact) mass is 225 g/mol. The molecule has 0 spiro atoms. The number of hydrogen-bond acceptors (Lipinski definition) is 2. The predicted octanol–water partition coefficient (Wildman–Crippen LogP) is 2.86. The van der Waals surface area contributed by atoms with Crippen LogP contribution in [0.1, 0.15) is 12.5 Å². The molecule has 1 aliphatic rings. The molecule has 0 radical (unpaired) electrons. The van der Waals surface area contributed by atoms with Crippen LogP contribution in [0.2, 0.25) is 5.02 Å². The summed E-state index contributed by atoms with van der Waals surface area (Å²) in [5.74, 6) is 0. The number of nitrogens with zero attached hydrogens (tertiary/aromatic N) is 1. The van der Waals surface area contributed by atoms with Gasteiger partial charge in [-0.25, -0.2) is 4.79 Å². The van der Waals surface area contributed by atoms with E-state index in [4.69, 9.17) is 16.3 Å². The molecule has 1 aromatic carbocycles. The van der Waals surface area contributed by atoms with E-state index in [1.165, 1.54) is 0 Å². The number of halogens is 1. The Hall–Kier alpha value is -1.22. The van der Waals surface area contributed by atoms with Crippen molar-refractivity contribution in [2.45, 2.75) is 13.3 Å². The van der Waals surface area contributed by atoms with Crippen molar-refractivity contribution < 1.29 is 9.53 Å². The second-order valence-electron chi connectivity index (χ2n) is 3.37. The summed E-state index contributed by atoms with van der Waals surface area (Å²) in [4.78, 5) is 13.2. The molecular formula is C11H12ClNO2. The molecule has 0 fully saturated rings. The van der Waals surface area contributed by atoms with E-state index in [9.17, 15) is 4.79 Å². The number of carbonyl (C=O) groups is 1. The van der Waals surface area contributed by atoms with Gasteiger partial charge in [0, 0.05) is 11.6 Å². The van der Waals surface area contributed by atoms with Crippen LogP contribution in [0, 0.1) is 0 Å². The van der Waals surface area contributed by atoms with Crippen molar-refractivity contribution in [2.24, 2.45) is 0 Å². The summed E-state index contributed by atoms with van der Waals surface area (Å²) in [6.45, 7) is 2.88. The molecule has 80 valence electrons. The lowest BCUT2D eigenvalue weighted by atomic mass is 10.2. The third-order valence-electron chi connectivity index (χ3n) is 2.43. The minimum atomic E-state index is -0.279. The zero-order valence-electron chi connectivity index (χ0n) is 8.50. The number of hydrogen-bond donors (Lipinski definition) is 0. The highest BCUT2D eigenvalue weighted by atomic mass is 35.5. The molecule has 0 aliphatic carbocycles. The first-order chi connectivity index (χ1) is 7.22. The van der Waals surface area contributed by atoms with Gasteiger partial charge in [-0.15, -0.1) is 0 Å². The number of carbonyl (C=O) groups excluding carboxylic acids is 1. The number of amides is 1. The summed E-state index contributed by atoms with van der Waals surface area (Å²) in [5.41, 5.74) is 2.02. The molecule has 1 heterocycles. The summed E-state index contributed by atoms with van der Waals surface area (Å²) >= 11 is 5.88. The predicted molar refractivity (Wildman–Crippen MR) is 59.5 cm³/mol. The van der Waals surface area contributed by atoms with Gasteiger partial charge in [-0.05, 0) is 37.1 Å². The number of ether oxygens (including phenoxy) is 1. The molecule has 0 atom stereocenters. The van der Waals surface area contributed by atoms with E-state index in [2.05, 4.69) is 0 Å². The number of anilines is 1. The molecule has 0 saturated heterocycles. The van der Waals surface area contributed by atoms with Gasteiger partial charge in [-0.2, -0.15) is 0 Å². The number of fused-ring (bicyclic) bond motifs is 1. The summed E-state index contributed by atoms with van der Waals surface area (Å²) in [6.07, 6.45) is 0.563. The van der Waals surface area contributed by atoms with Crippen molar-refractivity contribution >= 4 is 23.4 Å². The first-order valence-corrected chi connectivity index (χ1v) is 5.33. The topological polar surface area (TPSA) is 29.5 Å². The summed E-state index contributed by atoms with van der Waals surface area (Å²) in [7, 11) is 0. The Labute approximate surface area is 93.6 Å². The largest absolute Gasteiger partial charge is 0.449 e. The maximum Gasteiger partial charge on any atom is 0.414 e. The number of benzene rings is 1. The lowest BCUT2D eigenvalue weighted by Gasteiger charge is -2.16. The normalized spacial score (nSPS) is 13.9. The molecular weight excluding hydrogens is 214 g/mol. The fourth-order valence-corrected chi connectivity index (χ4v) is 1.96. The molecule has 2 rings (SSSR count). The van der Waals surface area contributed by atoms with Gasteiger partial charge in [0.1, 0.15) is 0 Å². The van der Waals surface area contributed by atoms with Crippen LogP contribution in [0.15, 0.2) is 18.2 Å². The zero-order valence-corrected chi connectivity index (χ0v) is 9.25. The third-order valence-corrected chi connectivity index (χ3v) is 2.66. The Morgan fingerprint density at radius 1 is 1.60 bits per heavy atom. The standard InChI is InChI=1S/C11H12ClNO2/c1-2-15-11(14)13-6-5-8-7-9(12)3-4-10(8)13/h3-4,7H,2,5-6H2,1H3. The maximum absolute atomic E-state index is 11.6. The van der Waals surface area contributed by atoms with Crippen molar-refractivity contribution in [3.8, 4) is 0 Å². The quantitative estimate of drug-likeness (QED) is 0.736. The highest BCUT2D eigenvalue weighted by Gasteiger charge is 2.25. The summed E-state index contributed by atoms with van der Waals surface area (Å²) < 4.78 is 4.97. The average molecular weight is 226 g/mol. The van der Waals surface area contributed by atoms with E-state index >= 15 is 0 Å². The van der Waals surface area contributed by atoms with Gasteiger partial charge < -0.3 is 4.74 Å². The van der Waals surface area contributed by atoms with Crippen LogP contribution in [0.4, 0.5) is 10.5 Å². The molecule has 1 aromatic rings. The van der Waals surface area contributed by atoms with Gasteiger partial charge in [-0.3, -0.25) is 4.90 Å². The van der Waals surface area contributed by atoms with Crippen LogP contribution >= 0.6 is 11.6 Å². The molecule has 0 N–H and O–H groups in total. The van der Waals surface area contributed by atoms with Gasteiger partial charge in [0.05, 0.1) is 12.3 Å². The van der Waals surface area contributed by atoms with Crippen LogP contribution < -0.4 is 4.90 Å². The van der Waals surface area contributed by atoms with E-state index < -0.39 is 0 Å². The highest BCUT2D eigenvalue weighted by Crippen LogP contribution is 2.30. The maximum atomic E-state index is 11.6. The Morgan fingerprint density at radius 3 is 3.13 bits per heavy atom. The molecule has 0 unspecified atom stereocenters. The second kappa shape index (κ2) is 4.11. The van der Waals surface area contributed by atoms with Crippen molar-refractivity contribution in [3.63, 3.8) is 0 Å². The lowest BCUT2D eigenvalue weighted by Crippen LogP contribution is -2.29. The van der Waals surface area contributed by atoms with E-state index in [-0.39, 0.29) is 6.09 Å². The lowest BCUT2D eigenvalue weighted by molar-refractivity contribution is 0.160. The first kappa shape index (κ1) is 10.3. The minimum Gasteiger partial charge on any atom is -0.449 e. The van der Waals surface area contributed by atoms with Crippen molar-refractivity contribution in [1.82, 2.24) is 0 Å². The summed E-state index contributed by atoms with van der Waals surface area (Å²) in [6, 6.07) is 5.55. The van der Waals surface area contributed by atoms with Gasteiger partial charge in [0.25, 0.3) is 0 Å². The van der Waals surface area contributed by atoms with Crippen LogP contribution in [-0.4, -0.2) is 19.2 Å². The fraction of sp³-hybridized carbons (Fsp3) is 0.364. The van der Waals surface area contributed by atoms with E-state index in [0.717, 1.165) is 17.7 Å². The van der Waals surface area contributed by atoms with Crippen LogP contribution in [0.5, 0.6) is 0 Å². The fourth-order valence-electron chi connectivity index (χ4n) is 1.76. The molecule has 15 heavy (non-hydrogen) atoms. The van der Waals surface area contributed by atoms with E-state index in [1.54, 1.807) is 17.9 Å². The first-order valence-electron chi connectivity index (χ1n) is 4.95. The average Bonchev–Trinajstić information content (AvgIpc) is 2.60. The molecule has 1 amide bonds. The SMILES string of the molecule is CCOC(=O)N1CCc2cc(Cl)ccc21. The molecule has 0 aromatic heterocycles. The minimum absolute atomic E-state index is 0.279. The van der Waals surface area contributed by atoms with Crippen molar-refractivity contribution in [1.29, 1.82) is 0 Å². The van der Waals surface area contributed by atoms with Crippen molar-refractivity contribution in [2.75, 3.05) is 18.1 Å². The second-order valence-corrected chi connectivity index (χ2v) is 3.81. The van der Waals surface area contributed by atoms with Gasteiger partial charge in [0.2, 0.25) is 0 Å². The van der Waals surface area contributed by atoms with Crippen LogP contribution in [-0.2, 0) is 11.2 Å². The van der Waals surface area contributed by atoms with Gasteiger partial charge in [-0.1, -0.05) is 11.6 Å². The molecule has 4 heteroatoms. The van der Waals surface area contributed by atoms with E-state index in [0.29, 0.717) is 18.2 Å². The Kier molecular flexibility index (Phi) is 2.82.